The van der Waals surface area contributed by atoms with Gasteiger partial charge in [0.25, 0.3) is 0 Å². The molecular formula is C19H26N2O3. The molecule has 2 amide bonds. The first-order chi connectivity index (χ1) is 11.0. The van der Waals surface area contributed by atoms with Crippen LogP contribution in [0.3, 0.4) is 0 Å². The number of benzene rings is 1. The molecular weight excluding hydrogens is 304 g/mol. The molecule has 1 N–H and O–H groups in total. The average Bonchev–Trinajstić information content (AvgIpc) is 3.18. The second-order valence-corrected chi connectivity index (χ2v) is 8.43. The summed E-state index contributed by atoms with van der Waals surface area (Å²) < 4.78 is 5.49. The number of rotatable bonds is 2. The van der Waals surface area contributed by atoms with Gasteiger partial charge in [0.05, 0.1) is 5.41 Å². The lowest BCUT2D eigenvalue weighted by molar-refractivity contribution is -0.121. The van der Waals surface area contributed by atoms with Crippen molar-refractivity contribution in [1.82, 2.24) is 5.32 Å². The molecule has 0 saturated heterocycles. The van der Waals surface area contributed by atoms with E-state index < -0.39 is 5.41 Å². The molecule has 0 aromatic heterocycles. The molecule has 130 valence electrons. The molecule has 1 aromatic carbocycles. The molecule has 2 atom stereocenters. The molecule has 1 saturated carbocycles. The van der Waals surface area contributed by atoms with Crippen molar-refractivity contribution in [2.24, 2.45) is 0 Å². The van der Waals surface area contributed by atoms with Crippen molar-refractivity contribution >= 4 is 17.7 Å². The van der Waals surface area contributed by atoms with E-state index in [-0.39, 0.29) is 29.6 Å². The summed E-state index contributed by atoms with van der Waals surface area (Å²) in [4.78, 5) is 26.0. The summed E-state index contributed by atoms with van der Waals surface area (Å²) in [6.45, 7) is 9.69. The molecule has 2 aliphatic rings. The highest BCUT2D eigenvalue weighted by atomic mass is 16.6. The summed E-state index contributed by atoms with van der Waals surface area (Å²) in [7, 11) is 1.81. The Labute approximate surface area is 143 Å². The normalized spacial score (nSPS) is 24.6. The van der Waals surface area contributed by atoms with Crippen LogP contribution in [0.2, 0.25) is 0 Å². The monoisotopic (exact) mass is 330 g/mol. The van der Waals surface area contributed by atoms with Crippen molar-refractivity contribution in [1.29, 1.82) is 0 Å². The second-order valence-electron chi connectivity index (χ2n) is 8.43. The minimum Gasteiger partial charge on any atom is -0.446 e. The van der Waals surface area contributed by atoms with Crippen LogP contribution in [0.1, 0.15) is 58.1 Å². The Balaban J connectivity index is 1.72. The molecule has 0 bridgehead atoms. The van der Waals surface area contributed by atoms with Gasteiger partial charge in [0.1, 0.15) is 6.10 Å². The Morgan fingerprint density at radius 2 is 2.00 bits per heavy atom. The van der Waals surface area contributed by atoms with Crippen LogP contribution >= 0.6 is 0 Å². The Morgan fingerprint density at radius 1 is 1.33 bits per heavy atom. The number of ether oxygens (including phenoxy) is 1. The smallest absolute Gasteiger partial charge is 0.407 e. The third kappa shape index (κ3) is 2.87. The molecule has 3 rings (SSSR count). The van der Waals surface area contributed by atoms with Crippen LogP contribution in [0.25, 0.3) is 0 Å². The maximum absolute atomic E-state index is 12.4. The number of nitrogens with zero attached hydrogens (tertiary/aromatic N) is 1. The van der Waals surface area contributed by atoms with Crippen LogP contribution < -0.4 is 10.2 Å². The summed E-state index contributed by atoms with van der Waals surface area (Å²) in [5.74, 6) is 0.334. The van der Waals surface area contributed by atoms with E-state index in [0.29, 0.717) is 0 Å². The van der Waals surface area contributed by atoms with Gasteiger partial charge in [-0.15, -0.1) is 0 Å². The Kier molecular flexibility index (Phi) is 3.66. The third-order valence-electron chi connectivity index (χ3n) is 4.79. The lowest BCUT2D eigenvalue weighted by atomic mass is 9.85. The van der Waals surface area contributed by atoms with E-state index in [1.807, 2.05) is 53.8 Å². The molecule has 5 heteroatoms. The third-order valence-corrected chi connectivity index (χ3v) is 4.79. The van der Waals surface area contributed by atoms with E-state index in [4.69, 9.17) is 4.74 Å². The van der Waals surface area contributed by atoms with Gasteiger partial charge in [-0.2, -0.15) is 0 Å². The van der Waals surface area contributed by atoms with Gasteiger partial charge < -0.3 is 15.0 Å². The van der Waals surface area contributed by atoms with Gasteiger partial charge in [-0.25, -0.2) is 4.79 Å². The Morgan fingerprint density at radius 3 is 2.62 bits per heavy atom. The fraction of sp³-hybridized carbons (Fsp3) is 0.579. The molecule has 5 nitrogen and oxygen atoms in total. The Hall–Kier alpha value is -2.04. The van der Waals surface area contributed by atoms with Crippen molar-refractivity contribution in [3.05, 3.63) is 29.3 Å². The molecule has 1 aromatic rings. The number of carbonyl (C=O) groups is 2. The van der Waals surface area contributed by atoms with Crippen LogP contribution in [0.5, 0.6) is 0 Å². The van der Waals surface area contributed by atoms with Gasteiger partial charge in [-0.05, 0) is 58.2 Å². The van der Waals surface area contributed by atoms with Crippen molar-refractivity contribution < 1.29 is 14.3 Å². The number of anilines is 1. The summed E-state index contributed by atoms with van der Waals surface area (Å²) in [6.07, 6.45) is 0.385. The van der Waals surface area contributed by atoms with Crippen molar-refractivity contribution in [3.63, 3.8) is 0 Å². The minimum absolute atomic E-state index is 0.0802. The Bertz CT molecular complexity index is 703. The van der Waals surface area contributed by atoms with E-state index in [2.05, 4.69) is 11.4 Å². The average molecular weight is 330 g/mol. The molecule has 2 unspecified atom stereocenters. The standard InChI is InChI=1S/C19H26N2O3/c1-18(2,3)20-17(23)24-15-10-12(15)11-7-8-14-13(9-11)19(4,5)16(22)21(14)6/h7-9,12,15H,10H2,1-6H3,(H,20,23). The second kappa shape index (κ2) is 5.23. The lowest BCUT2D eigenvalue weighted by Gasteiger charge is -2.20. The molecule has 0 spiro atoms. The van der Waals surface area contributed by atoms with Crippen molar-refractivity contribution in [3.8, 4) is 0 Å². The molecule has 0 radical (unpaired) electrons. The maximum Gasteiger partial charge on any atom is 0.407 e. The van der Waals surface area contributed by atoms with E-state index in [9.17, 15) is 9.59 Å². The van der Waals surface area contributed by atoms with Gasteiger partial charge in [-0.3, -0.25) is 4.79 Å². The highest BCUT2D eigenvalue weighted by Crippen LogP contribution is 2.47. The molecule has 1 aliphatic heterocycles. The first-order valence-electron chi connectivity index (χ1n) is 8.42. The van der Waals surface area contributed by atoms with Crippen LogP contribution in [0.4, 0.5) is 10.5 Å². The molecule has 1 heterocycles. The maximum atomic E-state index is 12.4. The quantitative estimate of drug-likeness (QED) is 0.905. The number of hydrogen-bond donors (Lipinski definition) is 1. The number of hydrogen-bond acceptors (Lipinski definition) is 3. The lowest BCUT2D eigenvalue weighted by Crippen LogP contribution is -2.41. The molecule has 1 fully saturated rings. The SMILES string of the molecule is CN1C(=O)C(C)(C)c2cc(C3CC3OC(=O)NC(C)(C)C)ccc21. The number of carbonyl (C=O) groups excluding carboxylic acids is 2. The number of likely N-dealkylation sites (N-methyl/N-ethyl adjacent to an activating group) is 1. The van der Waals surface area contributed by atoms with Gasteiger partial charge in [-0.1, -0.05) is 12.1 Å². The van der Waals surface area contributed by atoms with Crippen molar-refractivity contribution in [2.45, 2.75) is 64.0 Å². The van der Waals surface area contributed by atoms with E-state index >= 15 is 0 Å². The van der Waals surface area contributed by atoms with Crippen LogP contribution in [-0.4, -0.2) is 30.7 Å². The zero-order valence-corrected chi connectivity index (χ0v) is 15.3. The zero-order chi connectivity index (χ0) is 17.9. The topological polar surface area (TPSA) is 58.6 Å². The largest absolute Gasteiger partial charge is 0.446 e. The number of nitrogens with one attached hydrogen (secondary N) is 1. The first-order valence-corrected chi connectivity index (χ1v) is 8.42. The van der Waals surface area contributed by atoms with Gasteiger partial charge in [0.15, 0.2) is 0 Å². The van der Waals surface area contributed by atoms with Crippen LogP contribution in [0.15, 0.2) is 18.2 Å². The zero-order valence-electron chi connectivity index (χ0n) is 15.3. The molecule has 1 aliphatic carbocycles. The highest BCUT2D eigenvalue weighted by Gasteiger charge is 2.46. The number of alkyl carbamates (subject to hydrolysis) is 1. The highest BCUT2D eigenvalue weighted by molar-refractivity contribution is 6.07. The van der Waals surface area contributed by atoms with Crippen LogP contribution in [0, 0.1) is 0 Å². The summed E-state index contributed by atoms with van der Waals surface area (Å²) in [5, 5.41) is 2.82. The fourth-order valence-corrected chi connectivity index (χ4v) is 3.35. The van der Waals surface area contributed by atoms with Crippen LogP contribution in [-0.2, 0) is 14.9 Å². The minimum atomic E-state index is -0.505. The van der Waals surface area contributed by atoms with Gasteiger partial charge >= 0.3 is 6.09 Å². The summed E-state index contributed by atoms with van der Waals surface area (Å²) >= 11 is 0. The van der Waals surface area contributed by atoms with E-state index in [1.165, 1.54) is 0 Å². The van der Waals surface area contributed by atoms with Gasteiger partial charge in [0, 0.05) is 24.2 Å². The van der Waals surface area contributed by atoms with E-state index in [0.717, 1.165) is 23.2 Å². The van der Waals surface area contributed by atoms with E-state index in [1.54, 1.807) is 4.90 Å². The van der Waals surface area contributed by atoms with Gasteiger partial charge in [0.2, 0.25) is 5.91 Å². The molecule has 24 heavy (non-hydrogen) atoms. The predicted molar refractivity (Wildman–Crippen MR) is 93.4 cm³/mol. The number of fused-ring (bicyclic) bond motifs is 1. The first kappa shape index (κ1) is 16.8. The summed E-state index contributed by atoms with van der Waals surface area (Å²) in [5.41, 5.74) is 2.35. The number of amides is 2. The predicted octanol–water partition coefficient (Wildman–Crippen LogP) is 3.32. The van der Waals surface area contributed by atoms with Crippen molar-refractivity contribution in [2.75, 3.05) is 11.9 Å². The fourth-order valence-electron chi connectivity index (χ4n) is 3.35. The summed E-state index contributed by atoms with van der Waals surface area (Å²) in [6, 6.07) is 6.15.